The van der Waals surface area contributed by atoms with Gasteiger partial charge in [0.25, 0.3) is 0 Å². The molecule has 1 aliphatic heterocycles. The molecule has 1 aliphatic rings. The van der Waals surface area contributed by atoms with Crippen LogP contribution < -0.4 is 10.6 Å². The van der Waals surface area contributed by atoms with Gasteiger partial charge in [0.2, 0.25) is 0 Å². The second-order valence-corrected chi connectivity index (χ2v) is 7.81. The Hall–Kier alpha value is -1.27. The highest BCUT2D eigenvalue weighted by Gasteiger charge is 2.18. The summed E-state index contributed by atoms with van der Waals surface area (Å²) in [4.78, 5) is 2.36. The van der Waals surface area contributed by atoms with Gasteiger partial charge in [-0.25, -0.2) is 8.42 Å². The van der Waals surface area contributed by atoms with E-state index in [9.17, 15) is 8.42 Å². The third-order valence-electron chi connectivity index (χ3n) is 4.02. The normalized spacial score (nSPS) is 16.9. The van der Waals surface area contributed by atoms with Gasteiger partial charge in [0.05, 0.1) is 16.3 Å². The van der Waals surface area contributed by atoms with Crippen molar-refractivity contribution in [1.29, 1.82) is 0 Å². The Morgan fingerprint density at radius 1 is 1.33 bits per heavy atom. The Balaban J connectivity index is 2.12. The average molecular weight is 312 g/mol. The molecule has 1 saturated heterocycles. The molecule has 1 fully saturated rings. The molecule has 21 heavy (non-hydrogen) atoms. The van der Waals surface area contributed by atoms with Gasteiger partial charge in [-0.2, -0.15) is 0 Å². The van der Waals surface area contributed by atoms with Gasteiger partial charge in [-0.15, -0.1) is 0 Å². The van der Waals surface area contributed by atoms with Crippen LogP contribution >= 0.6 is 0 Å². The van der Waals surface area contributed by atoms with Gasteiger partial charge in [-0.05, 0) is 37.0 Å². The van der Waals surface area contributed by atoms with Gasteiger partial charge in [0.1, 0.15) is 0 Å². The number of ether oxygens (including phenoxy) is 1. The van der Waals surface area contributed by atoms with E-state index in [1.165, 1.54) is 0 Å². The van der Waals surface area contributed by atoms with Gasteiger partial charge in [-0.3, -0.25) is 0 Å². The monoisotopic (exact) mass is 312 g/mol. The van der Waals surface area contributed by atoms with E-state index in [0.717, 1.165) is 38.3 Å². The summed E-state index contributed by atoms with van der Waals surface area (Å²) in [6, 6.07) is 5.20. The number of nitrogens with two attached hydrogens (primary N) is 1. The Morgan fingerprint density at radius 3 is 2.57 bits per heavy atom. The summed E-state index contributed by atoms with van der Waals surface area (Å²) in [6.07, 6.45) is 2.14. The highest BCUT2D eigenvalue weighted by atomic mass is 32.2. The van der Waals surface area contributed by atoms with Gasteiger partial charge in [-0.1, -0.05) is 6.92 Å². The third kappa shape index (κ3) is 3.89. The number of hydrogen-bond donors (Lipinski definition) is 1. The lowest BCUT2D eigenvalue weighted by Crippen LogP contribution is -2.29. The quantitative estimate of drug-likeness (QED) is 0.841. The van der Waals surface area contributed by atoms with Crippen molar-refractivity contribution < 1.29 is 13.2 Å². The molecule has 0 amide bonds. The van der Waals surface area contributed by atoms with E-state index >= 15 is 0 Å². The van der Waals surface area contributed by atoms with E-state index in [-0.39, 0.29) is 10.6 Å². The van der Waals surface area contributed by atoms with E-state index in [1.54, 1.807) is 19.1 Å². The topological polar surface area (TPSA) is 72.6 Å². The molecule has 0 atom stereocenters. The number of nitrogens with zero attached hydrogens (tertiary/aromatic N) is 1. The molecular weight excluding hydrogens is 288 g/mol. The summed E-state index contributed by atoms with van der Waals surface area (Å²) in [6.45, 7) is 4.21. The summed E-state index contributed by atoms with van der Waals surface area (Å²) >= 11 is 0. The molecule has 0 bridgehead atoms. The minimum atomic E-state index is -3.26. The molecule has 2 N–H and O–H groups in total. The van der Waals surface area contributed by atoms with Crippen LogP contribution in [0, 0.1) is 5.92 Å². The first-order valence-electron chi connectivity index (χ1n) is 7.35. The van der Waals surface area contributed by atoms with Gasteiger partial charge >= 0.3 is 0 Å². The van der Waals surface area contributed by atoms with Crippen LogP contribution in [-0.2, 0) is 14.6 Å². The largest absolute Gasteiger partial charge is 0.398 e. The Kier molecular flexibility index (Phi) is 5.11. The van der Waals surface area contributed by atoms with Gasteiger partial charge in [0, 0.05) is 32.5 Å². The van der Waals surface area contributed by atoms with Crippen molar-refractivity contribution in [2.45, 2.75) is 24.7 Å². The van der Waals surface area contributed by atoms with Crippen molar-refractivity contribution in [3.63, 3.8) is 0 Å². The fourth-order valence-corrected chi connectivity index (χ4v) is 3.64. The number of benzene rings is 1. The Bertz CT molecular complexity index is 581. The van der Waals surface area contributed by atoms with Gasteiger partial charge < -0.3 is 15.4 Å². The van der Waals surface area contributed by atoms with E-state index in [1.807, 2.05) is 13.1 Å². The molecule has 5 nitrogen and oxygen atoms in total. The Labute approximate surface area is 127 Å². The smallest absolute Gasteiger partial charge is 0.180 e. The molecule has 0 radical (unpaired) electrons. The molecule has 1 aromatic carbocycles. The average Bonchev–Trinajstić information content (AvgIpc) is 2.48. The summed E-state index contributed by atoms with van der Waals surface area (Å²) in [7, 11) is -1.25. The van der Waals surface area contributed by atoms with Crippen molar-refractivity contribution in [1.82, 2.24) is 0 Å². The summed E-state index contributed by atoms with van der Waals surface area (Å²) in [5.74, 6) is 0.679. The molecule has 1 heterocycles. The van der Waals surface area contributed by atoms with E-state index in [0.29, 0.717) is 11.6 Å². The summed E-state index contributed by atoms with van der Waals surface area (Å²) < 4.78 is 29.2. The van der Waals surface area contributed by atoms with Crippen LogP contribution in [0.4, 0.5) is 11.4 Å². The highest BCUT2D eigenvalue weighted by molar-refractivity contribution is 7.91. The lowest BCUT2D eigenvalue weighted by molar-refractivity contribution is 0.0685. The zero-order valence-electron chi connectivity index (χ0n) is 12.7. The van der Waals surface area contributed by atoms with E-state index in [2.05, 4.69) is 4.90 Å². The number of nitrogen functional groups attached to an aromatic ring is 1. The van der Waals surface area contributed by atoms with Crippen molar-refractivity contribution in [3.8, 4) is 0 Å². The van der Waals surface area contributed by atoms with Crippen molar-refractivity contribution in [2.75, 3.05) is 43.2 Å². The lowest BCUT2D eigenvalue weighted by Gasteiger charge is -2.28. The molecule has 0 aromatic heterocycles. The molecule has 118 valence electrons. The van der Waals surface area contributed by atoms with Crippen LogP contribution in [0.3, 0.4) is 0 Å². The molecule has 0 unspecified atom stereocenters. The molecular formula is C15H24N2O3S. The first-order valence-corrected chi connectivity index (χ1v) is 9.00. The van der Waals surface area contributed by atoms with Crippen LogP contribution in [0.2, 0.25) is 0 Å². The maximum Gasteiger partial charge on any atom is 0.180 e. The van der Waals surface area contributed by atoms with Crippen molar-refractivity contribution in [2.24, 2.45) is 5.92 Å². The van der Waals surface area contributed by atoms with Crippen LogP contribution in [0.25, 0.3) is 0 Å². The maximum atomic E-state index is 11.9. The zero-order valence-corrected chi connectivity index (χ0v) is 13.5. The second kappa shape index (κ2) is 6.66. The zero-order chi connectivity index (χ0) is 15.5. The first kappa shape index (κ1) is 16.1. The number of hydrogen-bond acceptors (Lipinski definition) is 5. The lowest BCUT2D eigenvalue weighted by atomic mass is 10.00. The highest BCUT2D eigenvalue weighted by Crippen LogP contribution is 2.26. The van der Waals surface area contributed by atoms with Crippen LogP contribution in [-0.4, -0.2) is 41.0 Å². The minimum absolute atomic E-state index is 0.0639. The minimum Gasteiger partial charge on any atom is -0.398 e. The predicted octanol–water partition coefficient (Wildman–Crippen LogP) is 1.93. The molecule has 0 spiro atoms. The van der Waals surface area contributed by atoms with E-state index < -0.39 is 9.84 Å². The number of anilines is 2. The van der Waals surface area contributed by atoms with Gasteiger partial charge in [0.15, 0.2) is 9.84 Å². The van der Waals surface area contributed by atoms with Crippen molar-refractivity contribution >= 4 is 21.2 Å². The first-order chi connectivity index (χ1) is 9.94. The van der Waals surface area contributed by atoms with E-state index in [4.69, 9.17) is 10.5 Å². The second-order valence-electron chi connectivity index (χ2n) is 5.56. The fraction of sp³-hybridized carbons (Fsp3) is 0.600. The molecule has 6 heteroatoms. The maximum absolute atomic E-state index is 11.9. The predicted molar refractivity (Wildman–Crippen MR) is 85.4 cm³/mol. The summed E-state index contributed by atoms with van der Waals surface area (Å²) in [5, 5.41) is 0. The standard InChI is InChI=1S/C15H24N2O3S/c1-3-21(18,19)15-5-4-13(10-14(15)16)17(2)11-12-6-8-20-9-7-12/h4-5,10,12H,3,6-9,11,16H2,1-2H3. The van der Waals surface area contributed by atoms with Crippen LogP contribution in [0.15, 0.2) is 23.1 Å². The third-order valence-corrected chi connectivity index (χ3v) is 5.82. The SMILES string of the molecule is CCS(=O)(=O)c1ccc(N(C)CC2CCOCC2)cc1N. The number of rotatable bonds is 5. The molecule has 0 aliphatic carbocycles. The molecule has 1 aromatic rings. The number of sulfone groups is 1. The van der Waals surface area contributed by atoms with Crippen LogP contribution in [0.5, 0.6) is 0 Å². The van der Waals surface area contributed by atoms with Crippen LogP contribution in [0.1, 0.15) is 19.8 Å². The fourth-order valence-electron chi connectivity index (χ4n) is 2.63. The molecule has 2 rings (SSSR count). The summed E-state index contributed by atoms with van der Waals surface area (Å²) in [5.41, 5.74) is 7.21. The Morgan fingerprint density at radius 2 is 2.00 bits per heavy atom. The molecule has 0 saturated carbocycles. The van der Waals surface area contributed by atoms with Crippen molar-refractivity contribution in [3.05, 3.63) is 18.2 Å².